The van der Waals surface area contributed by atoms with Crippen LogP contribution in [-0.2, 0) is 4.84 Å². The molecule has 4 rings (SSSR count). The minimum atomic E-state index is -0.382. The van der Waals surface area contributed by atoms with Crippen molar-refractivity contribution >= 4 is 11.7 Å². The van der Waals surface area contributed by atoms with E-state index < -0.39 is 0 Å². The summed E-state index contributed by atoms with van der Waals surface area (Å²) in [6.07, 6.45) is 4.12. The average molecular weight is 345 g/mol. The van der Waals surface area contributed by atoms with E-state index in [0.717, 1.165) is 24.1 Å². The van der Waals surface area contributed by atoms with Gasteiger partial charge in [0.15, 0.2) is 6.23 Å². The van der Waals surface area contributed by atoms with Gasteiger partial charge in [-0.15, -0.1) is 0 Å². The lowest BCUT2D eigenvalue weighted by Crippen LogP contribution is -2.52. The fourth-order valence-corrected chi connectivity index (χ4v) is 4.65. The molecule has 1 aromatic rings. The van der Waals surface area contributed by atoms with Gasteiger partial charge in [0.1, 0.15) is 0 Å². The number of rotatable bonds is 3. The molecule has 25 heavy (non-hydrogen) atoms. The van der Waals surface area contributed by atoms with Gasteiger partial charge in [-0.25, -0.2) is 4.79 Å². The summed E-state index contributed by atoms with van der Waals surface area (Å²) in [5.74, 6) is 0. The van der Waals surface area contributed by atoms with Crippen LogP contribution in [0.3, 0.4) is 0 Å². The predicted octanol–water partition coefficient (Wildman–Crippen LogP) is 1.62. The Morgan fingerprint density at radius 1 is 1.24 bits per heavy atom. The largest absolute Gasteiger partial charge is 0.351 e. The molecule has 7 nitrogen and oxygen atoms in total. The van der Waals surface area contributed by atoms with Gasteiger partial charge in [-0.1, -0.05) is 18.2 Å². The van der Waals surface area contributed by atoms with Crippen LogP contribution in [0, 0.1) is 0 Å². The van der Waals surface area contributed by atoms with Gasteiger partial charge in [0, 0.05) is 30.7 Å². The van der Waals surface area contributed by atoms with Gasteiger partial charge >= 0.3 is 6.03 Å². The van der Waals surface area contributed by atoms with Gasteiger partial charge in [0.05, 0.1) is 12.4 Å². The number of amides is 2. The molecule has 136 valence electrons. The third-order valence-corrected chi connectivity index (χ3v) is 5.94. The van der Waals surface area contributed by atoms with Crippen molar-refractivity contribution in [3.63, 3.8) is 0 Å². The lowest BCUT2D eigenvalue weighted by molar-refractivity contribution is -0.129. The van der Waals surface area contributed by atoms with Gasteiger partial charge < -0.3 is 10.6 Å². The van der Waals surface area contributed by atoms with Crippen molar-refractivity contribution in [2.75, 3.05) is 25.7 Å². The fraction of sp³-hybridized carbons (Fsp3) is 0.611. The number of hydrogen-bond donors (Lipinski definition) is 2. The van der Waals surface area contributed by atoms with Crippen LogP contribution in [-0.4, -0.2) is 54.9 Å². The number of nitrogens with two attached hydrogens (primary N) is 1. The maximum atomic E-state index is 12.4. The molecule has 3 fully saturated rings. The summed E-state index contributed by atoms with van der Waals surface area (Å²) in [6, 6.07) is 8.76. The van der Waals surface area contributed by atoms with Crippen molar-refractivity contribution in [2.45, 2.75) is 50.0 Å². The molecule has 0 aliphatic carbocycles. The number of anilines is 1. The Kier molecular flexibility index (Phi) is 4.41. The quantitative estimate of drug-likeness (QED) is 0.871. The number of urea groups is 1. The molecule has 0 spiro atoms. The number of fused-ring (bicyclic) bond motifs is 2. The van der Waals surface area contributed by atoms with E-state index in [1.165, 1.54) is 12.8 Å². The van der Waals surface area contributed by atoms with Crippen LogP contribution in [0.15, 0.2) is 24.3 Å². The molecule has 3 saturated heterocycles. The van der Waals surface area contributed by atoms with Crippen molar-refractivity contribution in [3.05, 3.63) is 29.8 Å². The number of carbonyl (C=O) groups excluding carboxylic acids is 1. The lowest BCUT2D eigenvalue weighted by atomic mass is 9.95. The van der Waals surface area contributed by atoms with Crippen molar-refractivity contribution in [1.29, 1.82) is 0 Å². The van der Waals surface area contributed by atoms with Crippen LogP contribution in [0.2, 0.25) is 0 Å². The molecule has 4 atom stereocenters. The zero-order valence-corrected chi connectivity index (χ0v) is 14.9. The Morgan fingerprint density at radius 3 is 2.52 bits per heavy atom. The SMILES string of the molecule is CN1CNC(c2ccccc2N(C(N)=O)C2C[C@H]3CC[C@@H](C2)N3C)O1. The minimum absolute atomic E-state index is 0.145. The Bertz CT molecular complexity index is 640. The molecular weight excluding hydrogens is 318 g/mol. The van der Waals surface area contributed by atoms with Crippen LogP contribution >= 0.6 is 0 Å². The molecule has 7 heteroatoms. The van der Waals surface area contributed by atoms with Crippen LogP contribution in [0.1, 0.15) is 37.5 Å². The number of primary amides is 1. The smallest absolute Gasteiger partial charge is 0.319 e. The Hall–Kier alpha value is -1.67. The molecule has 2 amide bonds. The molecule has 3 aliphatic rings. The molecule has 2 unspecified atom stereocenters. The highest BCUT2D eigenvalue weighted by Gasteiger charge is 2.42. The van der Waals surface area contributed by atoms with Gasteiger partial charge in [-0.2, -0.15) is 5.06 Å². The zero-order chi connectivity index (χ0) is 17.6. The van der Waals surface area contributed by atoms with Crippen molar-refractivity contribution < 1.29 is 9.63 Å². The van der Waals surface area contributed by atoms with Crippen molar-refractivity contribution in [3.8, 4) is 0 Å². The molecular formula is C18H27N5O2. The summed E-state index contributed by atoms with van der Waals surface area (Å²) in [5, 5.41) is 5.07. The number of piperidine rings is 1. The van der Waals surface area contributed by atoms with Crippen LogP contribution in [0.4, 0.5) is 10.5 Å². The fourth-order valence-electron chi connectivity index (χ4n) is 4.65. The molecule has 3 N–H and O–H groups in total. The van der Waals surface area contributed by atoms with E-state index in [0.29, 0.717) is 18.8 Å². The number of hydroxylamine groups is 2. The van der Waals surface area contributed by atoms with Crippen LogP contribution in [0.5, 0.6) is 0 Å². The van der Waals surface area contributed by atoms with Crippen LogP contribution in [0.25, 0.3) is 0 Å². The monoisotopic (exact) mass is 345 g/mol. The summed E-state index contributed by atoms with van der Waals surface area (Å²) in [5.41, 5.74) is 7.66. The van der Waals surface area contributed by atoms with E-state index in [-0.39, 0.29) is 18.3 Å². The second-order valence-corrected chi connectivity index (χ2v) is 7.42. The van der Waals surface area contributed by atoms with Crippen molar-refractivity contribution in [1.82, 2.24) is 15.3 Å². The van der Waals surface area contributed by atoms with Gasteiger partial charge in [-0.3, -0.25) is 15.1 Å². The molecule has 3 heterocycles. The van der Waals surface area contributed by atoms with E-state index in [2.05, 4.69) is 17.3 Å². The third kappa shape index (κ3) is 3.01. The second-order valence-electron chi connectivity index (χ2n) is 7.42. The first-order chi connectivity index (χ1) is 12.0. The van der Waals surface area contributed by atoms with Gasteiger partial charge in [0.25, 0.3) is 0 Å². The molecule has 0 radical (unpaired) electrons. The van der Waals surface area contributed by atoms with Gasteiger partial charge in [-0.05, 0) is 38.8 Å². The van der Waals surface area contributed by atoms with Crippen LogP contribution < -0.4 is 16.0 Å². The number of nitrogens with zero attached hydrogens (tertiary/aromatic N) is 3. The number of nitrogens with one attached hydrogen (secondary N) is 1. The maximum absolute atomic E-state index is 12.4. The molecule has 0 aromatic heterocycles. The van der Waals surface area contributed by atoms with Crippen molar-refractivity contribution in [2.24, 2.45) is 5.73 Å². The Labute approximate surface area is 148 Å². The first kappa shape index (κ1) is 16.8. The highest BCUT2D eigenvalue weighted by molar-refractivity contribution is 5.92. The minimum Gasteiger partial charge on any atom is -0.351 e. The standard InChI is InChI=1S/C18H27N5O2/c1-21-11-20-17(25-21)15-5-3-4-6-16(15)23(18(19)24)14-9-12-7-8-13(10-14)22(12)2/h3-6,12-14,17,20H,7-11H2,1-2H3,(H2,19,24)/t12-,13+,14?,17?. The highest BCUT2D eigenvalue weighted by Crippen LogP contribution is 2.39. The summed E-state index contributed by atoms with van der Waals surface area (Å²) in [4.78, 5) is 22.5. The van der Waals surface area contributed by atoms with E-state index in [4.69, 9.17) is 10.6 Å². The molecule has 3 aliphatic heterocycles. The molecule has 2 bridgehead atoms. The topological polar surface area (TPSA) is 74.1 Å². The third-order valence-electron chi connectivity index (χ3n) is 5.94. The number of benzene rings is 1. The first-order valence-electron chi connectivity index (χ1n) is 9.05. The summed E-state index contributed by atoms with van der Waals surface area (Å²) in [7, 11) is 4.09. The predicted molar refractivity (Wildman–Crippen MR) is 95.7 cm³/mol. The summed E-state index contributed by atoms with van der Waals surface area (Å²) in [6.45, 7) is 0.647. The van der Waals surface area contributed by atoms with Gasteiger partial charge in [0.2, 0.25) is 0 Å². The summed E-state index contributed by atoms with van der Waals surface area (Å²) >= 11 is 0. The number of hydrogen-bond acceptors (Lipinski definition) is 5. The normalized spacial score (nSPS) is 32.9. The summed E-state index contributed by atoms with van der Waals surface area (Å²) < 4.78 is 0. The Morgan fingerprint density at radius 2 is 1.92 bits per heavy atom. The Balaban J connectivity index is 1.65. The first-order valence-corrected chi connectivity index (χ1v) is 9.05. The number of para-hydroxylation sites is 1. The lowest BCUT2D eigenvalue weighted by Gasteiger charge is -2.41. The van der Waals surface area contributed by atoms with E-state index in [9.17, 15) is 4.79 Å². The average Bonchev–Trinajstić information content (AvgIpc) is 3.08. The maximum Gasteiger partial charge on any atom is 0.319 e. The van der Waals surface area contributed by atoms with E-state index in [1.54, 1.807) is 9.96 Å². The molecule has 1 aromatic carbocycles. The van der Waals surface area contributed by atoms with E-state index in [1.807, 2.05) is 31.3 Å². The molecule has 0 saturated carbocycles. The van der Waals surface area contributed by atoms with E-state index >= 15 is 0 Å². The second kappa shape index (κ2) is 6.57. The number of carbonyl (C=O) groups is 1. The highest BCUT2D eigenvalue weighted by atomic mass is 16.7. The zero-order valence-electron chi connectivity index (χ0n) is 14.9.